The molecule has 0 aliphatic carbocycles. The van der Waals surface area contributed by atoms with Crippen LogP contribution in [0.4, 0.5) is 11.4 Å². The second-order valence-corrected chi connectivity index (χ2v) is 8.45. The number of rotatable bonds is 6. The number of anilines is 2. The molecule has 0 aliphatic heterocycles. The Morgan fingerprint density at radius 2 is 1.69 bits per heavy atom. The number of carbonyl (C=O) groups is 2. The lowest BCUT2D eigenvalue weighted by Crippen LogP contribution is -2.24. The Bertz CT molecular complexity index is 1240. The molecule has 1 unspecified atom stereocenters. The van der Waals surface area contributed by atoms with Gasteiger partial charge in [-0.2, -0.15) is 5.10 Å². The second-order valence-electron chi connectivity index (χ2n) is 7.01. The van der Waals surface area contributed by atoms with E-state index in [9.17, 15) is 9.59 Å². The summed E-state index contributed by atoms with van der Waals surface area (Å²) in [7, 11) is 0. The summed E-state index contributed by atoms with van der Waals surface area (Å²) in [5, 5.41) is 11.1. The van der Waals surface area contributed by atoms with Crippen LogP contribution < -0.4 is 10.6 Å². The molecule has 162 valence electrons. The van der Waals surface area contributed by atoms with Crippen LogP contribution in [-0.2, 0) is 4.79 Å². The van der Waals surface area contributed by atoms with E-state index < -0.39 is 6.04 Å². The topological polar surface area (TPSA) is 102 Å². The van der Waals surface area contributed by atoms with Crippen LogP contribution in [0.2, 0.25) is 5.02 Å². The normalized spacial score (nSPS) is 11.7. The van der Waals surface area contributed by atoms with E-state index in [-0.39, 0.29) is 11.8 Å². The first-order chi connectivity index (χ1) is 15.4. The fraction of sp³-hybridized carbons (Fsp3) is 0.136. The first kappa shape index (κ1) is 21.7. The maximum absolute atomic E-state index is 12.8. The summed E-state index contributed by atoms with van der Waals surface area (Å²) in [6, 6.07) is 13.7. The Morgan fingerprint density at radius 3 is 2.31 bits per heavy atom. The van der Waals surface area contributed by atoms with Crippen molar-refractivity contribution in [3.63, 3.8) is 0 Å². The van der Waals surface area contributed by atoms with Crippen molar-refractivity contribution in [2.75, 3.05) is 10.6 Å². The fourth-order valence-electron chi connectivity index (χ4n) is 2.93. The molecule has 8 nitrogen and oxygen atoms in total. The van der Waals surface area contributed by atoms with Gasteiger partial charge in [0.05, 0.1) is 5.69 Å². The van der Waals surface area contributed by atoms with Crippen molar-refractivity contribution in [3.8, 4) is 10.6 Å². The minimum absolute atomic E-state index is 0.220. The zero-order valence-electron chi connectivity index (χ0n) is 17.2. The van der Waals surface area contributed by atoms with E-state index in [1.54, 1.807) is 50.2 Å². The predicted octanol–water partition coefficient (Wildman–Crippen LogP) is 4.82. The first-order valence-electron chi connectivity index (χ1n) is 9.70. The second kappa shape index (κ2) is 9.29. The van der Waals surface area contributed by atoms with Gasteiger partial charge in [-0.05, 0) is 50.2 Å². The number of hydrogen-bond acceptors (Lipinski definition) is 6. The lowest BCUT2D eigenvalue weighted by atomic mass is 10.2. The molecule has 0 saturated carbocycles. The Labute approximate surface area is 193 Å². The number of aromatic nitrogens is 4. The molecule has 32 heavy (non-hydrogen) atoms. The standard InChI is InChI=1S/C22H19ClN6O2S/c1-13-19(32-22(26-13)15-3-5-16(23)6-4-15)21(31)28-18-9-7-17(8-10-18)27-20(30)14(2)29-12-24-11-25-29/h3-12,14H,1-2H3,(H,27,30)(H,28,31). The molecule has 2 aromatic carbocycles. The summed E-state index contributed by atoms with van der Waals surface area (Å²) in [6.45, 7) is 3.54. The SMILES string of the molecule is Cc1nc(-c2ccc(Cl)cc2)sc1C(=O)Nc1ccc(NC(=O)C(C)n2cncn2)cc1. The van der Waals surface area contributed by atoms with Gasteiger partial charge in [-0.1, -0.05) is 23.7 Å². The monoisotopic (exact) mass is 466 g/mol. The highest BCUT2D eigenvalue weighted by atomic mass is 35.5. The van der Waals surface area contributed by atoms with E-state index in [1.165, 1.54) is 28.7 Å². The number of aryl methyl sites for hydroxylation is 1. The van der Waals surface area contributed by atoms with Gasteiger partial charge in [-0.15, -0.1) is 11.3 Å². The summed E-state index contributed by atoms with van der Waals surface area (Å²) >= 11 is 7.27. The molecular weight excluding hydrogens is 448 g/mol. The van der Waals surface area contributed by atoms with Gasteiger partial charge in [0.25, 0.3) is 5.91 Å². The summed E-state index contributed by atoms with van der Waals surface area (Å²) in [5.74, 6) is -0.459. The number of halogens is 1. The maximum atomic E-state index is 12.8. The molecule has 2 N–H and O–H groups in total. The highest BCUT2D eigenvalue weighted by Gasteiger charge is 2.18. The van der Waals surface area contributed by atoms with Gasteiger partial charge in [0.2, 0.25) is 5.91 Å². The average Bonchev–Trinajstić information content (AvgIpc) is 3.45. The Kier molecular flexibility index (Phi) is 6.29. The number of benzene rings is 2. The Balaban J connectivity index is 1.41. The molecule has 0 bridgehead atoms. The molecule has 0 aliphatic rings. The van der Waals surface area contributed by atoms with Crippen molar-refractivity contribution in [2.24, 2.45) is 0 Å². The number of carbonyl (C=O) groups excluding carboxylic acids is 2. The molecule has 10 heteroatoms. The van der Waals surface area contributed by atoms with Crippen LogP contribution in [0.5, 0.6) is 0 Å². The van der Waals surface area contributed by atoms with Crippen LogP contribution >= 0.6 is 22.9 Å². The third-order valence-corrected chi connectivity index (χ3v) is 6.17. The molecular formula is C22H19ClN6O2S. The van der Waals surface area contributed by atoms with Gasteiger partial charge >= 0.3 is 0 Å². The zero-order valence-corrected chi connectivity index (χ0v) is 18.8. The number of nitrogens with zero attached hydrogens (tertiary/aromatic N) is 4. The average molecular weight is 467 g/mol. The third kappa shape index (κ3) is 4.84. The number of nitrogens with one attached hydrogen (secondary N) is 2. The predicted molar refractivity (Wildman–Crippen MR) is 125 cm³/mol. The van der Waals surface area contributed by atoms with Crippen molar-refractivity contribution < 1.29 is 9.59 Å². The molecule has 2 amide bonds. The highest BCUT2D eigenvalue weighted by Crippen LogP contribution is 2.29. The van der Waals surface area contributed by atoms with Crippen LogP contribution in [0.15, 0.2) is 61.2 Å². The molecule has 0 saturated heterocycles. The highest BCUT2D eigenvalue weighted by molar-refractivity contribution is 7.17. The van der Waals surface area contributed by atoms with Crippen LogP contribution in [-0.4, -0.2) is 31.6 Å². The van der Waals surface area contributed by atoms with E-state index in [2.05, 4.69) is 25.7 Å². The molecule has 1 atom stereocenters. The van der Waals surface area contributed by atoms with Crippen molar-refractivity contribution in [1.82, 2.24) is 19.7 Å². The van der Waals surface area contributed by atoms with E-state index >= 15 is 0 Å². The lowest BCUT2D eigenvalue weighted by molar-refractivity contribution is -0.119. The zero-order chi connectivity index (χ0) is 22.7. The molecule has 4 aromatic rings. The third-order valence-electron chi connectivity index (χ3n) is 4.72. The van der Waals surface area contributed by atoms with Crippen molar-refractivity contribution in [2.45, 2.75) is 19.9 Å². The van der Waals surface area contributed by atoms with Gasteiger partial charge in [-0.3, -0.25) is 9.59 Å². The minimum atomic E-state index is -0.499. The lowest BCUT2D eigenvalue weighted by Gasteiger charge is -2.12. The smallest absolute Gasteiger partial charge is 0.267 e. The van der Waals surface area contributed by atoms with Gasteiger partial charge in [-0.25, -0.2) is 14.6 Å². The number of hydrogen-bond donors (Lipinski definition) is 2. The minimum Gasteiger partial charge on any atom is -0.324 e. The summed E-state index contributed by atoms with van der Waals surface area (Å²) in [6.07, 6.45) is 2.87. The molecule has 2 aromatic heterocycles. The molecule has 0 fully saturated rings. The van der Waals surface area contributed by atoms with Crippen molar-refractivity contribution in [3.05, 3.63) is 76.8 Å². The van der Waals surface area contributed by atoms with Crippen molar-refractivity contribution >= 4 is 46.1 Å². The molecule has 0 radical (unpaired) electrons. The van der Waals surface area contributed by atoms with E-state index in [1.807, 2.05) is 12.1 Å². The number of thiazole rings is 1. The molecule has 4 rings (SSSR count). The summed E-state index contributed by atoms with van der Waals surface area (Å²) in [4.78, 5) is 34.0. The fourth-order valence-corrected chi connectivity index (χ4v) is 4.02. The van der Waals surface area contributed by atoms with Crippen LogP contribution in [0.25, 0.3) is 10.6 Å². The van der Waals surface area contributed by atoms with Crippen molar-refractivity contribution in [1.29, 1.82) is 0 Å². The van der Waals surface area contributed by atoms with Crippen LogP contribution in [0.3, 0.4) is 0 Å². The van der Waals surface area contributed by atoms with E-state index in [0.717, 1.165) is 10.6 Å². The first-order valence-corrected chi connectivity index (χ1v) is 10.9. The van der Waals surface area contributed by atoms with Gasteiger partial charge in [0.1, 0.15) is 28.6 Å². The van der Waals surface area contributed by atoms with Crippen LogP contribution in [0.1, 0.15) is 28.3 Å². The van der Waals surface area contributed by atoms with Gasteiger partial charge in [0, 0.05) is 22.0 Å². The molecule has 2 heterocycles. The summed E-state index contributed by atoms with van der Waals surface area (Å²) < 4.78 is 1.47. The van der Waals surface area contributed by atoms with Gasteiger partial charge < -0.3 is 10.6 Å². The molecule has 0 spiro atoms. The quantitative estimate of drug-likeness (QED) is 0.424. The van der Waals surface area contributed by atoms with E-state index in [0.29, 0.717) is 27.0 Å². The maximum Gasteiger partial charge on any atom is 0.267 e. The van der Waals surface area contributed by atoms with Gasteiger partial charge in [0.15, 0.2) is 0 Å². The summed E-state index contributed by atoms with van der Waals surface area (Å²) in [5.41, 5.74) is 2.78. The Hall–Kier alpha value is -3.56. The van der Waals surface area contributed by atoms with E-state index in [4.69, 9.17) is 11.6 Å². The van der Waals surface area contributed by atoms with Crippen LogP contribution in [0, 0.1) is 6.92 Å². The number of amides is 2. The Morgan fingerprint density at radius 1 is 1.03 bits per heavy atom. The largest absolute Gasteiger partial charge is 0.324 e.